The van der Waals surface area contributed by atoms with E-state index >= 15 is 0 Å². The lowest BCUT2D eigenvalue weighted by Crippen LogP contribution is -2.44. The monoisotopic (exact) mass is 302 g/mol. The number of carboxylic acids is 1. The van der Waals surface area contributed by atoms with E-state index in [9.17, 15) is 9.90 Å². The molecule has 0 unspecified atom stereocenters. The first-order valence-electron chi connectivity index (χ1n) is 8.26. The molecular weight excluding hydrogens is 280 g/mol. The highest BCUT2D eigenvalue weighted by Gasteiger charge is 2.40. The van der Waals surface area contributed by atoms with Crippen molar-refractivity contribution in [2.75, 3.05) is 31.2 Å². The summed E-state index contributed by atoms with van der Waals surface area (Å²) in [6, 6.07) is 1.86. The average molecular weight is 302 g/mol. The number of aromatic nitrogens is 1. The normalized spacial score (nSPS) is 27.4. The minimum atomic E-state index is -0.862. The van der Waals surface area contributed by atoms with Gasteiger partial charge in [-0.05, 0) is 50.2 Å². The van der Waals surface area contributed by atoms with Gasteiger partial charge in [0.05, 0.1) is 6.61 Å². The molecule has 1 aromatic heterocycles. The van der Waals surface area contributed by atoms with Crippen LogP contribution < -0.4 is 4.90 Å². The maximum Gasteiger partial charge on any atom is 0.339 e. The van der Waals surface area contributed by atoms with Crippen molar-refractivity contribution >= 4 is 11.8 Å². The van der Waals surface area contributed by atoms with Gasteiger partial charge in [-0.15, -0.1) is 0 Å². The van der Waals surface area contributed by atoms with Crippen molar-refractivity contribution in [3.8, 4) is 0 Å². The first-order valence-corrected chi connectivity index (χ1v) is 8.26. The minimum Gasteiger partial charge on any atom is -0.478 e. The van der Waals surface area contributed by atoms with Crippen LogP contribution in [0.1, 0.15) is 47.3 Å². The van der Waals surface area contributed by atoms with Crippen molar-refractivity contribution < 1.29 is 14.6 Å². The van der Waals surface area contributed by atoms with Gasteiger partial charge in [0.15, 0.2) is 0 Å². The Morgan fingerprint density at radius 3 is 3.00 bits per heavy atom. The van der Waals surface area contributed by atoms with E-state index in [1.807, 2.05) is 6.07 Å². The van der Waals surface area contributed by atoms with Crippen LogP contribution in [0.2, 0.25) is 0 Å². The molecule has 2 aliphatic heterocycles. The van der Waals surface area contributed by atoms with E-state index in [2.05, 4.69) is 4.90 Å². The number of aromatic carboxylic acids is 1. The summed E-state index contributed by atoms with van der Waals surface area (Å²) in [5.41, 5.74) is 2.80. The Kier molecular flexibility index (Phi) is 3.33. The Hall–Kier alpha value is -1.62. The molecule has 2 fully saturated rings. The fourth-order valence-corrected chi connectivity index (χ4v) is 4.22. The largest absolute Gasteiger partial charge is 0.478 e. The van der Waals surface area contributed by atoms with Crippen LogP contribution in [0.5, 0.6) is 0 Å². The van der Waals surface area contributed by atoms with Crippen LogP contribution in [-0.2, 0) is 17.6 Å². The molecule has 0 aromatic carbocycles. The van der Waals surface area contributed by atoms with Gasteiger partial charge in [0, 0.05) is 30.8 Å². The Labute approximate surface area is 130 Å². The zero-order chi connectivity index (χ0) is 15.2. The predicted octanol–water partition coefficient (Wildman–Crippen LogP) is 2.28. The van der Waals surface area contributed by atoms with E-state index in [0.717, 1.165) is 69.7 Å². The number of rotatable bonds is 2. The summed E-state index contributed by atoms with van der Waals surface area (Å²) in [6.07, 6.45) is 6.36. The molecule has 1 aromatic rings. The van der Waals surface area contributed by atoms with Crippen molar-refractivity contribution in [1.82, 2.24) is 4.98 Å². The third-order valence-electron chi connectivity index (χ3n) is 5.41. The van der Waals surface area contributed by atoms with E-state index < -0.39 is 5.97 Å². The van der Waals surface area contributed by atoms with Gasteiger partial charge in [0.1, 0.15) is 11.4 Å². The number of ether oxygens (including phenoxy) is 1. The Morgan fingerprint density at radius 2 is 2.23 bits per heavy atom. The number of aryl methyl sites for hydroxylation is 2. The Morgan fingerprint density at radius 1 is 1.32 bits per heavy atom. The van der Waals surface area contributed by atoms with E-state index in [1.165, 1.54) is 6.42 Å². The first-order chi connectivity index (χ1) is 10.7. The van der Waals surface area contributed by atoms with Gasteiger partial charge in [0.2, 0.25) is 0 Å². The second-order valence-electron chi connectivity index (χ2n) is 6.95. The van der Waals surface area contributed by atoms with Gasteiger partial charge in [-0.3, -0.25) is 0 Å². The lowest BCUT2D eigenvalue weighted by molar-refractivity contribution is 0.0696. The fraction of sp³-hybridized carbons (Fsp3) is 0.647. The molecule has 1 spiro atoms. The number of nitrogens with zero attached hydrogens (tertiary/aromatic N) is 2. The Bertz CT molecular complexity index is 608. The summed E-state index contributed by atoms with van der Waals surface area (Å²) < 4.78 is 5.61. The molecule has 1 N–H and O–H groups in total. The van der Waals surface area contributed by atoms with Gasteiger partial charge in [-0.1, -0.05) is 0 Å². The lowest BCUT2D eigenvalue weighted by atomic mass is 9.79. The average Bonchev–Trinajstić information content (AvgIpc) is 3.15. The van der Waals surface area contributed by atoms with Gasteiger partial charge in [-0.2, -0.15) is 0 Å². The smallest absolute Gasteiger partial charge is 0.339 e. The molecule has 0 saturated carbocycles. The van der Waals surface area contributed by atoms with Crippen LogP contribution in [0.25, 0.3) is 0 Å². The maximum atomic E-state index is 11.7. The molecule has 2 saturated heterocycles. The second kappa shape index (κ2) is 5.23. The highest BCUT2D eigenvalue weighted by atomic mass is 16.5. The number of fused-ring (bicyclic) bond motifs is 1. The van der Waals surface area contributed by atoms with E-state index in [4.69, 9.17) is 9.72 Å². The molecule has 3 aliphatic rings. The molecule has 5 heteroatoms. The zero-order valence-electron chi connectivity index (χ0n) is 12.8. The van der Waals surface area contributed by atoms with Gasteiger partial charge >= 0.3 is 5.97 Å². The second-order valence-corrected chi connectivity index (χ2v) is 6.95. The molecule has 4 rings (SSSR count). The molecule has 118 valence electrons. The number of carboxylic acid groups (broad SMARTS) is 1. The highest BCUT2D eigenvalue weighted by molar-refractivity contribution is 5.93. The molecule has 0 bridgehead atoms. The fourth-order valence-electron chi connectivity index (χ4n) is 4.22. The number of pyridine rings is 1. The van der Waals surface area contributed by atoms with Crippen LogP contribution >= 0.6 is 0 Å². The van der Waals surface area contributed by atoms with Crippen LogP contribution in [0.4, 0.5) is 5.82 Å². The van der Waals surface area contributed by atoms with Crippen LogP contribution in [0.3, 0.4) is 0 Å². The first kappa shape index (κ1) is 14.0. The van der Waals surface area contributed by atoms with E-state index in [0.29, 0.717) is 11.4 Å². The third-order valence-corrected chi connectivity index (χ3v) is 5.41. The summed E-state index contributed by atoms with van der Waals surface area (Å²) in [5.74, 6) is -0.182. The molecule has 0 amide bonds. The topological polar surface area (TPSA) is 62.7 Å². The zero-order valence-corrected chi connectivity index (χ0v) is 12.8. The number of hydrogen-bond donors (Lipinski definition) is 1. The third kappa shape index (κ3) is 2.28. The van der Waals surface area contributed by atoms with Crippen LogP contribution in [0, 0.1) is 5.41 Å². The summed E-state index contributed by atoms with van der Waals surface area (Å²) in [4.78, 5) is 18.6. The van der Waals surface area contributed by atoms with Gasteiger partial charge in [0.25, 0.3) is 0 Å². The van der Waals surface area contributed by atoms with Crippen molar-refractivity contribution in [2.45, 2.75) is 38.5 Å². The summed E-state index contributed by atoms with van der Waals surface area (Å²) in [6.45, 7) is 3.40. The number of piperidine rings is 1. The lowest BCUT2D eigenvalue weighted by Gasteiger charge is -2.40. The quantitative estimate of drug-likeness (QED) is 0.908. The number of anilines is 1. The molecule has 0 radical (unpaired) electrons. The predicted molar refractivity (Wildman–Crippen MR) is 82.5 cm³/mol. The standard InChI is InChI=1S/C17H22N2O3/c20-16(21)13-9-12-3-1-4-14(12)18-15(13)19-7-2-5-17(10-19)6-8-22-11-17/h9H,1-8,10-11H2,(H,20,21)/t17-/m1/s1. The molecule has 3 heterocycles. The van der Waals surface area contributed by atoms with Crippen molar-refractivity contribution in [3.63, 3.8) is 0 Å². The molecule has 1 atom stereocenters. The SMILES string of the molecule is O=C(O)c1cc2c(nc1N1CCC[C@@]3(CCOC3)C1)CCC2. The molecule has 22 heavy (non-hydrogen) atoms. The summed E-state index contributed by atoms with van der Waals surface area (Å²) in [7, 11) is 0. The number of hydrogen-bond acceptors (Lipinski definition) is 4. The van der Waals surface area contributed by atoms with Gasteiger partial charge in [-0.25, -0.2) is 9.78 Å². The van der Waals surface area contributed by atoms with Crippen molar-refractivity contribution in [3.05, 3.63) is 22.9 Å². The van der Waals surface area contributed by atoms with Crippen molar-refractivity contribution in [2.24, 2.45) is 5.41 Å². The Balaban J connectivity index is 1.70. The minimum absolute atomic E-state index is 0.203. The highest BCUT2D eigenvalue weighted by Crippen LogP contribution is 2.40. The van der Waals surface area contributed by atoms with Crippen molar-refractivity contribution in [1.29, 1.82) is 0 Å². The van der Waals surface area contributed by atoms with Crippen LogP contribution in [-0.4, -0.2) is 42.4 Å². The van der Waals surface area contributed by atoms with E-state index in [1.54, 1.807) is 0 Å². The number of carbonyl (C=O) groups is 1. The summed E-state index contributed by atoms with van der Waals surface area (Å²) >= 11 is 0. The molecular formula is C17H22N2O3. The van der Waals surface area contributed by atoms with E-state index in [-0.39, 0.29) is 5.41 Å². The van der Waals surface area contributed by atoms with Gasteiger partial charge < -0.3 is 14.7 Å². The maximum absolute atomic E-state index is 11.7. The summed E-state index contributed by atoms with van der Waals surface area (Å²) in [5, 5.41) is 9.59. The molecule has 1 aliphatic carbocycles. The van der Waals surface area contributed by atoms with Crippen LogP contribution in [0.15, 0.2) is 6.07 Å². The molecule has 5 nitrogen and oxygen atoms in total.